The smallest absolute Gasteiger partial charge is 0.259 e. The predicted octanol–water partition coefficient (Wildman–Crippen LogP) is 8.87. The van der Waals surface area contributed by atoms with Crippen LogP contribution in [-0.2, 0) is 0 Å². The average Bonchev–Trinajstić information content (AvgIpc) is 3.36. The number of amides is 2. The van der Waals surface area contributed by atoms with E-state index in [2.05, 4.69) is 20.6 Å². The molecular weight excluding hydrogens is 648 g/mol. The Balaban J connectivity index is 1.64. The number of nitrogens with one attached hydrogen (secondary N) is 2. The lowest BCUT2D eigenvalue weighted by Gasteiger charge is -2.10. The largest absolute Gasteiger partial charge is 0.306 e. The van der Waals surface area contributed by atoms with Gasteiger partial charge in [0, 0.05) is 5.56 Å². The Hall–Kier alpha value is -1.74. The molecule has 2 aliphatic heterocycles. The third-order valence-corrected chi connectivity index (χ3v) is 9.27. The lowest BCUT2D eigenvalue weighted by atomic mass is 10.1. The number of carbonyl (C=O) groups is 2. The highest BCUT2D eigenvalue weighted by molar-refractivity contribution is 6.56. The van der Waals surface area contributed by atoms with Gasteiger partial charge in [-0.3, -0.25) is 9.59 Å². The van der Waals surface area contributed by atoms with Gasteiger partial charge in [-0.15, -0.1) is 0 Å². The second-order valence-corrected chi connectivity index (χ2v) is 10.8. The van der Waals surface area contributed by atoms with E-state index in [9.17, 15) is 9.59 Å². The first-order valence-electron chi connectivity index (χ1n) is 10.1. The molecule has 0 bridgehead atoms. The molecule has 3 aromatic rings. The lowest BCUT2D eigenvalue weighted by molar-refractivity contribution is 0.0975. The molecule has 0 saturated carbocycles. The molecule has 2 amide bonds. The summed E-state index contributed by atoms with van der Waals surface area (Å²) in [6.45, 7) is 1.75. The molecule has 0 fully saturated rings. The summed E-state index contributed by atoms with van der Waals surface area (Å²) in [5, 5.41) is 5.22. The van der Waals surface area contributed by atoms with Crippen LogP contribution in [0.5, 0.6) is 0 Å². The van der Waals surface area contributed by atoms with Crippen molar-refractivity contribution in [3.05, 3.63) is 86.2 Å². The van der Waals surface area contributed by atoms with Crippen molar-refractivity contribution in [2.45, 2.75) is 6.92 Å². The molecule has 188 valence electrons. The second kappa shape index (κ2) is 9.78. The summed E-state index contributed by atoms with van der Waals surface area (Å²) in [4.78, 5) is 34.3. The molecule has 0 unspecified atom stereocenters. The minimum atomic E-state index is -0.527. The Morgan fingerprint density at radius 1 is 0.541 bits per heavy atom. The van der Waals surface area contributed by atoms with Gasteiger partial charge in [0.25, 0.3) is 11.8 Å². The molecule has 14 heteroatoms. The Morgan fingerprint density at radius 2 is 0.865 bits per heavy atom. The zero-order valence-electron chi connectivity index (χ0n) is 18.0. The maximum absolute atomic E-state index is 12.6. The molecule has 5 rings (SSSR count). The normalized spacial score (nSPS) is 16.4. The molecule has 37 heavy (non-hydrogen) atoms. The Morgan fingerprint density at radius 3 is 1.22 bits per heavy atom. The summed E-state index contributed by atoms with van der Waals surface area (Å²) in [5.74, 6) is -0.788. The predicted molar refractivity (Wildman–Crippen MR) is 151 cm³/mol. The molecule has 2 heterocycles. The topological polar surface area (TPSA) is 82.9 Å². The number of hydrogen-bond donors (Lipinski definition) is 2. The van der Waals surface area contributed by atoms with Gasteiger partial charge in [-0.1, -0.05) is 98.9 Å². The number of hydrogen-bond acceptors (Lipinski definition) is 4. The van der Waals surface area contributed by atoms with Gasteiger partial charge in [-0.25, -0.2) is 9.98 Å². The third-order valence-electron chi connectivity index (χ3n) is 5.67. The summed E-state index contributed by atoms with van der Waals surface area (Å²) in [7, 11) is 0. The number of benzene rings is 3. The molecule has 0 radical (unpaired) electrons. The zero-order valence-corrected chi connectivity index (χ0v) is 24.0. The Bertz CT molecular complexity index is 1550. The van der Waals surface area contributed by atoms with Crippen LogP contribution in [0.1, 0.15) is 37.4 Å². The molecule has 3 aromatic carbocycles. The van der Waals surface area contributed by atoms with E-state index in [0.29, 0.717) is 16.9 Å². The van der Waals surface area contributed by atoms with Crippen LogP contribution in [0, 0.1) is 6.92 Å². The van der Waals surface area contributed by atoms with E-state index in [1.807, 2.05) is 0 Å². The van der Waals surface area contributed by atoms with Crippen LogP contribution in [0.25, 0.3) is 0 Å². The molecule has 2 aliphatic rings. The Kier molecular flexibility index (Phi) is 7.10. The van der Waals surface area contributed by atoms with Crippen LogP contribution >= 0.6 is 92.8 Å². The quantitative estimate of drug-likeness (QED) is 0.214. The van der Waals surface area contributed by atoms with Crippen LogP contribution in [0.3, 0.4) is 0 Å². The number of amidine groups is 2. The minimum absolute atomic E-state index is 0.00176. The van der Waals surface area contributed by atoms with Crippen LogP contribution in [0.15, 0.2) is 28.2 Å². The van der Waals surface area contributed by atoms with E-state index >= 15 is 0 Å². The minimum Gasteiger partial charge on any atom is -0.306 e. The van der Waals surface area contributed by atoms with E-state index in [0.717, 1.165) is 0 Å². The first-order chi connectivity index (χ1) is 17.4. The van der Waals surface area contributed by atoms with Gasteiger partial charge in [0.1, 0.15) is 11.7 Å². The number of aliphatic imine (C=N–C) groups is 2. The number of carbonyl (C=O) groups excluding carboxylic acids is 2. The van der Waals surface area contributed by atoms with Gasteiger partial charge < -0.3 is 10.6 Å². The van der Waals surface area contributed by atoms with Crippen LogP contribution < -0.4 is 10.6 Å². The fraction of sp³-hybridized carbons (Fsp3) is 0.0435. The van der Waals surface area contributed by atoms with E-state index in [-0.39, 0.29) is 74.1 Å². The zero-order chi connectivity index (χ0) is 26.9. The highest BCUT2D eigenvalue weighted by Crippen LogP contribution is 2.45. The van der Waals surface area contributed by atoms with E-state index in [1.165, 1.54) is 0 Å². The summed E-state index contributed by atoms with van der Waals surface area (Å²) < 4.78 is 0. The van der Waals surface area contributed by atoms with Crippen molar-refractivity contribution < 1.29 is 9.59 Å². The SMILES string of the molecule is Cc1c(N=C2NC(=O)c3c(Cl)c(Cl)c(Cl)c(Cl)c32)cccc1N=C1NC(=O)c2c(Cl)c(Cl)c(Cl)c(Cl)c21. The highest BCUT2D eigenvalue weighted by Gasteiger charge is 2.35. The van der Waals surface area contributed by atoms with Gasteiger partial charge in [-0.2, -0.15) is 0 Å². The van der Waals surface area contributed by atoms with Gasteiger partial charge in [0.2, 0.25) is 0 Å². The van der Waals surface area contributed by atoms with Crippen LogP contribution in [0.4, 0.5) is 11.4 Å². The summed E-state index contributed by atoms with van der Waals surface area (Å²) in [6, 6.07) is 5.09. The number of fused-ring (bicyclic) bond motifs is 2. The maximum atomic E-state index is 12.6. The Labute approximate surface area is 249 Å². The number of nitrogens with zero attached hydrogens (tertiary/aromatic N) is 2. The van der Waals surface area contributed by atoms with E-state index in [1.54, 1.807) is 25.1 Å². The summed E-state index contributed by atoms with van der Waals surface area (Å²) in [6.07, 6.45) is 0. The van der Waals surface area contributed by atoms with Crippen LogP contribution in [-0.4, -0.2) is 23.5 Å². The molecule has 0 aromatic heterocycles. The van der Waals surface area contributed by atoms with Crippen molar-refractivity contribution in [3.8, 4) is 0 Å². The van der Waals surface area contributed by atoms with E-state index in [4.69, 9.17) is 92.8 Å². The first kappa shape index (κ1) is 26.9. The van der Waals surface area contributed by atoms with Gasteiger partial charge in [0.15, 0.2) is 0 Å². The van der Waals surface area contributed by atoms with Crippen molar-refractivity contribution in [1.82, 2.24) is 10.6 Å². The number of halogens is 8. The highest BCUT2D eigenvalue weighted by atomic mass is 35.5. The molecule has 6 nitrogen and oxygen atoms in total. The van der Waals surface area contributed by atoms with Crippen molar-refractivity contribution in [2.75, 3.05) is 0 Å². The van der Waals surface area contributed by atoms with Crippen molar-refractivity contribution >= 4 is 128 Å². The van der Waals surface area contributed by atoms with Crippen LogP contribution in [0.2, 0.25) is 40.2 Å². The average molecular weight is 656 g/mol. The molecule has 0 spiro atoms. The van der Waals surface area contributed by atoms with Gasteiger partial charge >= 0.3 is 0 Å². The molecular formula is C23H8Cl8N4O2. The van der Waals surface area contributed by atoms with Gasteiger partial charge in [0.05, 0.1) is 73.8 Å². The fourth-order valence-electron chi connectivity index (χ4n) is 3.86. The maximum Gasteiger partial charge on any atom is 0.259 e. The van der Waals surface area contributed by atoms with Crippen molar-refractivity contribution in [1.29, 1.82) is 0 Å². The summed E-state index contributed by atoms with van der Waals surface area (Å²) in [5.41, 5.74) is 2.07. The molecule has 0 saturated heterocycles. The number of rotatable bonds is 2. The standard InChI is InChI=1S/C23H8Cl8N4O2/c1-5-6(32-20-8-10(22(36)34-20)14(26)18(30)16(28)12(8)24)3-2-4-7(5)33-21-9-11(23(37)35-21)15(27)19(31)17(29)13(9)25/h2-4H,1H3,(H,32,34,36)(H,33,35,37). The van der Waals surface area contributed by atoms with Gasteiger partial charge in [-0.05, 0) is 19.1 Å². The third kappa shape index (κ3) is 4.19. The lowest BCUT2D eigenvalue weighted by Crippen LogP contribution is -2.21. The molecule has 0 atom stereocenters. The van der Waals surface area contributed by atoms with Crippen molar-refractivity contribution in [3.63, 3.8) is 0 Å². The summed E-state index contributed by atoms with van der Waals surface area (Å²) >= 11 is 49.9. The van der Waals surface area contributed by atoms with Crippen molar-refractivity contribution in [2.24, 2.45) is 9.98 Å². The monoisotopic (exact) mass is 652 g/mol. The fourth-order valence-corrected chi connectivity index (χ4v) is 5.92. The second-order valence-electron chi connectivity index (χ2n) is 7.76. The molecule has 0 aliphatic carbocycles. The van der Waals surface area contributed by atoms with E-state index < -0.39 is 11.8 Å². The first-order valence-corrected chi connectivity index (χ1v) is 13.1. The molecule has 2 N–H and O–H groups in total.